The van der Waals surface area contributed by atoms with E-state index < -0.39 is 10.9 Å². The molecule has 0 nitrogen and oxygen atoms in total. The molecule has 0 radical (unpaired) electrons. The van der Waals surface area contributed by atoms with E-state index in [4.69, 9.17) is 46.4 Å². The molecule has 0 saturated carbocycles. The molecular formula is C88H68Cl6Si2Zr2-2. The summed E-state index contributed by atoms with van der Waals surface area (Å²) in [7, 11) is 0. The summed E-state index contributed by atoms with van der Waals surface area (Å²) in [6.45, 7) is 8.59. The third-order valence-corrected chi connectivity index (χ3v) is 29.6. The predicted octanol–water partition coefficient (Wildman–Crippen LogP) is 17.4. The fourth-order valence-corrected chi connectivity index (χ4v) is 19.9. The van der Waals surface area contributed by atoms with Gasteiger partial charge in [-0.15, -0.1) is 138 Å². The summed E-state index contributed by atoms with van der Waals surface area (Å²) in [6, 6.07) is 119. The molecule has 0 aliphatic rings. The zero-order valence-corrected chi connectivity index (χ0v) is 66.1. The minimum atomic E-state index is -0.605. The van der Waals surface area contributed by atoms with Crippen molar-refractivity contribution < 1.29 is 71.5 Å². The van der Waals surface area contributed by atoms with Crippen LogP contribution in [-0.4, -0.2) is 10.9 Å². The van der Waals surface area contributed by atoms with Gasteiger partial charge in [0, 0.05) is 0 Å². The van der Waals surface area contributed by atoms with Gasteiger partial charge in [0.25, 0.3) is 0 Å². The molecular weight excluding hydrogens is 1510 g/mol. The van der Waals surface area contributed by atoms with Crippen molar-refractivity contribution in [2.75, 3.05) is 0 Å². The number of aryl methyl sites for hydroxylation is 4. The number of benzene rings is 12. The van der Waals surface area contributed by atoms with Crippen LogP contribution < -0.4 is 45.6 Å². The van der Waals surface area contributed by atoms with Gasteiger partial charge in [0.15, 0.2) is 0 Å². The van der Waals surface area contributed by atoms with Crippen molar-refractivity contribution in [2.45, 2.75) is 27.7 Å². The van der Waals surface area contributed by atoms with Gasteiger partial charge in [-0.25, -0.2) is 0 Å². The molecule has 0 heterocycles. The maximum Gasteiger partial charge on any atom is -1.00 e. The van der Waals surface area contributed by atoms with Crippen LogP contribution in [0.2, 0.25) is 20.1 Å². The van der Waals surface area contributed by atoms with Crippen LogP contribution in [0, 0.1) is 27.7 Å². The number of hydrogen-bond acceptors (Lipinski definition) is 0. The average Bonchev–Trinajstić information content (AvgIpc) is 1.66. The molecule has 0 atom stereocenters. The van der Waals surface area contributed by atoms with Gasteiger partial charge in [-0.2, -0.15) is 24.3 Å². The quantitative estimate of drug-likeness (QED) is 0.105. The van der Waals surface area contributed by atoms with E-state index in [9.17, 15) is 0 Å². The molecule has 480 valence electrons. The van der Waals surface area contributed by atoms with Crippen LogP contribution in [0.15, 0.2) is 340 Å². The first kappa shape index (κ1) is 75.2. The van der Waals surface area contributed by atoms with Gasteiger partial charge in [0.2, 0.25) is 0 Å². The third-order valence-electron chi connectivity index (χ3n) is 16.5. The molecule has 10 heteroatoms. The Morgan fingerprint density at radius 3 is 0.602 bits per heavy atom. The van der Waals surface area contributed by atoms with Gasteiger partial charge in [0.05, 0.1) is 0 Å². The van der Waals surface area contributed by atoms with Crippen LogP contribution in [0.1, 0.15) is 22.3 Å². The van der Waals surface area contributed by atoms with E-state index in [0.29, 0.717) is 0 Å². The second kappa shape index (κ2) is 36.9. The van der Waals surface area contributed by atoms with E-state index >= 15 is 0 Å². The standard InChI is InChI=1S/4C16H13.2C12H8Cl2Si.2ClH.2Zr/c4*1-12-10-14-8-5-9-15(16(14)11-12)13-6-3-2-4-7-13;2*13-9-1-5-11(6-2-9)15-12-7-3-10(14)4-8-12;;;;/h4*2-11H,1H3;2*1-8H;2*1H;;/q4*-1;;;;;2*+2/p-2. The smallest absolute Gasteiger partial charge is 1.00 e. The first-order chi connectivity index (χ1) is 46.7. The van der Waals surface area contributed by atoms with Crippen molar-refractivity contribution in [2.24, 2.45) is 0 Å². The number of rotatable bonds is 8. The second-order valence-electron chi connectivity index (χ2n) is 23.6. The van der Waals surface area contributed by atoms with Crippen molar-refractivity contribution >= 4 is 121 Å². The maximum atomic E-state index is 5.88. The molecule has 0 amide bonds. The summed E-state index contributed by atoms with van der Waals surface area (Å²) < 4.78 is 0. The topological polar surface area (TPSA) is 0 Å². The molecule has 0 spiro atoms. The Morgan fingerprint density at radius 2 is 0.418 bits per heavy atom. The summed E-state index contributed by atoms with van der Waals surface area (Å²) in [4.78, 5) is 0. The Morgan fingerprint density at radius 1 is 0.235 bits per heavy atom. The van der Waals surface area contributed by atoms with E-state index in [1.165, 1.54) is 131 Å². The van der Waals surface area contributed by atoms with Crippen molar-refractivity contribution in [3.05, 3.63) is 382 Å². The zero-order chi connectivity index (χ0) is 66.9. The van der Waals surface area contributed by atoms with Gasteiger partial charge >= 0.3 is 242 Å². The van der Waals surface area contributed by atoms with Gasteiger partial charge in [0.1, 0.15) is 0 Å². The Labute approximate surface area is 639 Å². The second-order valence-corrected chi connectivity index (χ2v) is 36.5. The first-order valence-electron chi connectivity index (χ1n) is 31.8. The zero-order valence-electron chi connectivity index (χ0n) is 54.6. The van der Waals surface area contributed by atoms with Crippen LogP contribution >= 0.6 is 46.4 Å². The molecule has 16 aromatic carbocycles. The molecule has 0 aromatic heterocycles. The maximum absolute atomic E-state index is 5.88. The van der Waals surface area contributed by atoms with Crippen LogP contribution in [0.3, 0.4) is 0 Å². The number of fused-ring (bicyclic) bond motifs is 4. The minimum absolute atomic E-state index is 0. The van der Waals surface area contributed by atoms with E-state index in [2.05, 4.69) is 319 Å². The Hall–Kier alpha value is -6.98. The molecule has 98 heavy (non-hydrogen) atoms. The molecule has 16 aromatic rings. The molecule has 0 aliphatic carbocycles. The Kier molecular flexibility index (Phi) is 28.3. The normalized spacial score (nSPS) is 10.4. The monoisotopic (exact) mass is 1570 g/mol. The van der Waals surface area contributed by atoms with Crippen LogP contribution in [0.25, 0.3) is 87.6 Å². The number of hydrogen-bond donors (Lipinski definition) is 0. The molecule has 0 bridgehead atoms. The van der Waals surface area contributed by atoms with Gasteiger partial charge in [-0.1, -0.05) is 196 Å². The molecule has 0 fully saturated rings. The van der Waals surface area contributed by atoms with E-state index in [-0.39, 0.29) is 24.8 Å². The van der Waals surface area contributed by atoms with Gasteiger partial charge in [-0.3, -0.25) is 0 Å². The van der Waals surface area contributed by atoms with Crippen molar-refractivity contribution in [3.8, 4) is 44.5 Å². The number of halogens is 6. The summed E-state index contributed by atoms with van der Waals surface area (Å²) in [5.74, 6) is 0. The first-order valence-corrected chi connectivity index (χ1v) is 43.7. The fourth-order valence-electron chi connectivity index (χ4n) is 11.8. The average molecular weight is 1580 g/mol. The molecule has 0 unspecified atom stereocenters. The summed E-state index contributed by atoms with van der Waals surface area (Å²) in [6.07, 6.45) is 0. The van der Waals surface area contributed by atoms with Gasteiger partial charge < -0.3 is 24.8 Å². The largest absolute Gasteiger partial charge is 1.00 e. The van der Waals surface area contributed by atoms with E-state index in [1.54, 1.807) is 46.7 Å². The Balaban J connectivity index is 0.000000137. The third kappa shape index (κ3) is 20.1. The van der Waals surface area contributed by atoms with E-state index in [0.717, 1.165) is 20.1 Å². The molecule has 0 aliphatic heterocycles. The minimum Gasteiger partial charge on any atom is -1.00 e. The van der Waals surface area contributed by atoms with Crippen molar-refractivity contribution in [1.29, 1.82) is 0 Å². The fraction of sp³-hybridized carbons (Fsp3) is 0.0455. The predicted molar refractivity (Wildman–Crippen MR) is 415 cm³/mol. The van der Waals surface area contributed by atoms with Crippen molar-refractivity contribution in [1.82, 2.24) is 0 Å². The van der Waals surface area contributed by atoms with Crippen LogP contribution in [-0.2, 0) is 46.7 Å². The summed E-state index contributed by atoms with van der Waals surface area (Å²) in [5.41, 5.74) is 14.6. The van der Waals surface area contributed by atoms with Crippen LogP contribution in [0.5, 0.6) is 0 Å². The molecule has 16 rings (SSSR count). The van der Waals surface area contributed by atoms with Gasteiger partial charge in [-0.05, 0) is 22.3 Å². The van der Waals surface area contributed by atoms with Crippen molar-refractivity contribution in [3.63, 3.8) is 0 Å². The Bertz CT molecular complexity index is 4540. The SMILES string of the molecule is Cc1cc2c(-c3ccccc3)cccc2[cH-]1.Cc1cc2c(-c3ccccc3)cccc2[cH-]1.Cc1cc2c(-c3ccccc3)cccc2[cH-]1.Cc1cc2c(-c3ccccc3)cccc2[cH-]1.Clc1ccc([Si](=[Zr+2])c2ccc(Cl)cc2)cc1.Clc1ccc([Si](=[Zr+2])c2ccc(Cl)cc2)cc1.[Cl-].[Cl-]. The molecule has 0 saturated heterocycles. The summed E-state index contributed by atoms with van der Waals surface area (Å²) in [5, 5.41) is 19.5. The van der Waals surface area contributed by atoms with Crippen LogP contribution in [0.4, 0.5) is 0 Å². The summed E-state index contributed by atoms with van der Waals surface area (Å²) >= 11 is 26.7. The molecule has 0 N–H and O–H groups in total. The van der Waals surface area contributed by atoms with E-state index in [1.807, 2.05) is 48.5 Å².